The molecule has 1 amide bonds. The fraction of sp³-hybridized carbons (Fsp3) is 0.400. The molecule has 2 aliphatic heterocycles. The Hall–Kier alpha value is -2.79. The van der Waals surface area contributed by atoms with Gasteiger partial charge in [0.25, 0.3) is 0 Å². The van der Waals surface area contributed by atoms with Crippen LogP contribution in [0.2, 0.25) is 0 Å². The summed E-state index contributed by atoms with van der Waals surface area (Å²) in [5.41, 5.74) is 3.54. The number of nitrogens with zero attached hydrogens (tertiary/aromatic N) is 2. The van der Waals surface area contributed by atoms with Gasteiger partial charge in [0.1, 0.15) is 19.0 Å². The van der Waals surface area contributed by atoms with Gasteiger partial charge in [-0.05, 0) is 62.2 Å². The standard InChI is InChI=1S/C25H30N2O3/c1-26(2)14-15-29-24-12-8-20(9-13-24)21-16-22-10-11-23(17-21)27(22)25(28)30-18-19-6-4-3-5-7-19/h3-9,12-13,16,22-23H,10-11,14-15,17-18H2,1-2H3. The number of hydrogen-bond donors (Lipinski definition) is 0. The monoisotopic (exact) mass is 406 g/mol. The maximum absolute atomic E-state index is 12.7. The highest BCUT2D eigenvalue weighted by molar-refractivity contribution is 5.75. The number of ether oxygens (including phenoxy) is 2. The minimum atomic E-state index is -0.203. The summed E-state index contributed by atoms with van der Waals surface area (Å²) in [4.78, 5) is 16.8. The molecular weight excluding hydrogens is 376 g/mol. The van der Waals surface area contributed by atoms with E-state index in [1.807, 2.05) is 61.5 Å². The third kappa shape index (κ3) is 4.85. The van der Waals surface area contributed by atoms with E-state index in [4.69, 9.17) is 9.47 Å². The lowest BCUT2D eigenvalue weighted by Gasteiger charge is -2.33. The first kappa shape index (κ1) is 20.5. The van der Waals surface area contributed by atoms with Gasteiger partial charge in [0.2, 0.25) is 0 Å². The van der Waals surface area contributed by atoms with Crippen molar-refractivity contribution in [1.82, 2.24) is 9.80 Å². The first-order valence-electron chi connectivity index (χ1n) is 10.7. The van der Waals surface area contributed by atoms with Crippen molar-refractivity contribution in [2.75, 3.05) is 27.2 Å². The van der Waals surface area contributed by atoms with E-state index in [9.17, 15) is 4.79 Å². The molecule has 2 aromatic rings. The summed E-state index contributed by atoms with van der Waals surface area (Å²) in [5.74, 6) is 0.895. The molecule has 1 saturated heterocycles. The van der Waals surface area contributed by atoms with Crippen LogP contribution in [-0.4, -0.2) is 55.2 Å². The maximum Gasteiger partial charge on any atom is 0.410 e. The average molecular weight is 407 g/mol. The molecule has 2 atom stereocenters. The fourth-order valence-corrected chi connectivity index (χ4v) is 4.23. The molecule has 0 aromatic heterocycles. The third-order valence-corrected chi connectivity index (χ3v) is 5.84. The molecule has 2 aliphatic rings. The number of carbonyl (C=O) groups is 1. The van der Waals surface area contributed by atoms with E-state index in [2.05, 4.69) is 23.1 Å². The molecule has 158 valence electrons. The Labute approximate surface area is 178 Å². The van der Waals surface area contributed by atoms with Crippen LogP contribution < -0.4 is 4.74 Å². The SMILES string of the molecule is CN(C)CCOc1ccc(C2=CC3CCC(C2)N3C(=O)OCc2ccccc2)cc1. The summed E-state index contributed by atoms with van der Waals surface area (Å²) in [6.07, 6.45) is 4.94. The third-order valence-electron chi connectivity index (χ3n) is 5.84. The smallest absolute Gasteiger partial charge is 0.410 e. The van der Waals surface area contributed by atoms with Gasteiger partial charge in [0.05, 0.1) is 6.04 Å². The van der Waals surface area contributed by atoms with Crippen molar-refractivity contribution in [1.29, 1.82) is 0 Å². The number of fused-ring (bicyclic) bond motifs is 2. The van der Waals surface area contributed by atoms with Gasteiger partial charge in [-0.1, -0.05) is 48.5 Å². The molecule has 5 heteroatoms. The number of benzene rings is 2. The molecule has 2 heterocycles. The van der Waals surface area contributed by atoms with Crippen LogP contribution in [0.25, 0.3) is 5.57 Å². The van der Waals surface area contributed by atoms with E-state index < -0.39 is 0 Å². The first-order valence-corrected chi connectivity index (χ1v) is 10.7. The van der Waals surface area contributed by atoms with Crippen LogP contribution in [0.1, 0.15) is 30.4 Å². The maximum atomic E-state index is 12.7. The Morgan fingerprint density at radius 1 is 1.07 bits per heavy atom. The van der Waals surface area contributed by atoms with Crippen LogP contribution in [0, 0.1) is 0 Å². The average Bonchev–Trinajstić information content (AvgIpc) is 3.02. The Bertz CT molecular complexity index is 877. The molecule has 0 aliphatic carbocycles. The highest BCUT2D eigenvalue weighted by Crippen LogP contribution is 2.39. The number of rotatable bonds is 7. The zero-order valence-corrected chi connectivity index (χ0v) is 17.8. The van der Waals surface area contributed by atoms with Gasteiger partial charge in [-0.3, -0.25) is 4.90 Å². The molecule has 5 nitrogen and oxygen atoms in total. The molecule has 4 rings (SSSR count). The first-order chi connectivity index (χ1) is 14.6. The van der Waals surface area contributed by atoms with Crippen molar-refractivity contribution in [2.45, 2.75) is 38.0 Å². The summed E-state index contributed by atoms with van der Waals surface area (Å²) in [6, 6.07) is 18.5. The van der Waals surface area contributed by atoms with E-state index in [0.717, 1.165) is 37.1 Å². The summed E-state index contributed by atoms with van der Waals surface area (Å²) >= 11 is 0. The predicted octanol–water partition coefficient (Wildman–Crippen LogP) is 4.58. The van der Waals surface area contributed by atoms with E-state index >= 15 is 0 Å². The number of hydrogen-bond acceptors (Lipinski definition) is 4. The predicted molar refractivity (Wildman–Crippen MR) is 118 cm³/mol. The molecule has 2 unspecified atom stereocenters. The van der Waals surface area contributed by atoms with E-state index in [0.29, 0.717) is 13.2 Å². The van der Waals surface area contributed by atoms with E-state index in [-0.39, 0.29) is 18.2 Å². The lowest BCUT2D eigenvalue weighted by atomic mass is 9.95. The molecule has 2 bridgehead atoms. The van der Waals surface area contributed by atoms with Crippen LogP contribution >= 0.6 is 0 Å². The Morgan fingerprint density at radius 2 is 1.83 bits per heavy atom. The van der Waals surface area contributed by atoms with Gasteiger partial charge in [-0.25, -0.2) is 4.79 Å². The quantitative estimate of drug-likeness (QED) is 0.675. The van der Waals surface area contributed by atoms with Crippen LogP contribution in [0.3, 0.4) is 0 Å². The molecular formula is C25H30N2O3. The van der Waals surface area contributed by atoms with Gasteiger partial charge in [-0.15, -0.1) is 0 Å². The highest BCUT2D eigenvalue weighted by atomic mass is 16.6. The molecule has 0 saturated carbocycles. The van der Waals surface area contributed by atoms with Crippen LogP contribution in [0.4, 0.5) is 4.79 Å². The Morgan fingerprint density at radius 3 is 2.53 bits per heavy atom. The molecule has 0 spiro atoms. The molecule has 2 aromatic carbocycles. The summed E-state index contributed by atoms with van der Waals surface area (Å²) in [7, 11) is 4.08. The van der Waals surface area contributed by atoms with Crippen molar-refractivity contribution >= 4 is 11.7 Å². The number of carbonyl (C=O) groups excluding carboxylic acids is 1. The largest absolute Gasteiger partial charge is 0.492 e. The van der Waals surface area contributed by atoms with E-state index in [1.54, 1.807) is 0 Å². The second-order valence-corrected chi connectivity index (χ2v) is 8.32. The van der Waals surface area contributed by atoms with Crippen molar-refractivity contribution in [3.63, 3.8) is 0 Å². The Balaban J connectivity index is 1.37. The van der Waals surface area contributed by atoms with Crippen molar-refractivity contribution in [3.05, 3.63) is 71.8 Å². The molecule has 1 fully saturated rings. The van der Waals surface area contributed by atoms with Crippen LogP contribution in [0.5, 0.6) is 5.75 Å². The zero-order chi connectivity index (χ0) is 20.9. The lowest BCUT2D eigenvalue weighted by molar-refractivity contribution is 0.0832. The lowest BCUT2D eigenvalue weighted by Crippen LogP contribution is -2.43. The van der Waals surface area contributed by atoms with Crippen LogP contribution in [0.15, 0.2) is 60.7 Å². The van der Waals surface area contributed by atoms with Gasteiger partial charge in [-0.2, -0.15) is 0 Å². The second-order valence-electron chi connectivity index (χ2n) is 8.32. The van der Waals surface area contributed by atoms with Gasteiger partial charge in [0, 0.05) is 12.6 Å². The topological polar surface area (TPSA) is 42.0 Å². The van der Waals surface area contributed by atoms with Gasteiger partial charge < -0.3 is 14.4 Å². The highest BCUT2D eigenvalue weighted by Gasteiger charge is 2.40. The number of amides is 1. The van der Waals surface area contributed by atoms with Crippen molar-refractivity contribution < 1.29 is 14.3 Å². The minimum absolute atomic E-state index is 0.123. The number of likely N-dealkylation sites (N-methyl/N-ethyl adjacent to an activating group) is 1. The normalized spacial score (nSPS) is 20.2. The summed E-state index contributed by atoms with van der Waals surface area (Å²) in [5, 5.41) is 0. The molecule has 0 N–H and O–H groups in total. The van der Waals surface area contributed by atoms with Crippen LogP contribution in [-0.2, 0) is 11.3 Å². The molecule has 30 heavy (non-hydrogen) atoms. The van der Waals surface area contributed by atoms with Crippen molar-refractivity contribution in [3.8, 4) is 5.75 Å². The summed E-state index contributed by atoms with van der Waals surface area (Å²) < 4.78 is 11.4. The van der Waals surface area contributed by atoms with Gasteiger partial charge in [0.15, 0.2) is 0 Å². The van der Waals surface area contributed by atoms with E-state index in [1.165, 1.54) is 11.1 Å². The minimum Gasteiger partial charge on any atom is -0.492 e. The zero-order valence-electron chi connectivity index (χ0n) is 17.8. The second kappa shape index (κ2) is 9.35. The van der Waals surface area contributed by atoms with Gasteiger partial charge >= 0.3 is 6.09 Å². The Kier molecular flexibility index (Phi) is 6.38. The molecule has 0 radical (unpaired) electrons. The summed E-state index contributed by atoms with van der Waals surface area (Å²) in [6.45, 7) is 1.90. The van der Waals surface area contributed by atoms with Crippen molar-refractivity contribution in [2.24, 2.45) is 0 Å². The fourth-order valence-electron chi connectivity index (χ4n) is 4.23.